The van der Waals surface area contributed by atoms with Crippen molar-refractivity contribution >= 4 is 16.9 Å². The summed E-state index contributed by atoms with van der Waals surface area (Å²) < 4.78 is 12.2. The van der Waals surface area contributed by atoms with Crippen LogP contribution >= 0.6 is 0 Å². The van der Waals surface area contributed by atoms with Gasteiger partial charge in [0.15, 0.2) is 0 Å². The Morgan fingerprint density at radius 2 is 1.70 bits per heavy atom. The standard InChI is InChI=1S/C22H23NO4/c1-15-11-17(3)22-19(12-15)16(2)13-20(24)23(22)14-21(25)27-10-9-26-18-7-5-4-6-8-18/h4-8,11-13H,9-10,14H2,1-3H3. The molecule has 5 nitrogen and oxygen atoms in total. The Morgan fingerprint density at radius 1 is 0.963 bits per heavy atom. The number of hydrogen-bond acceptors (Lipinski definition) is 4. The normalized spacial score (nSPS) is 10.8. The zero-order valence-corrected chi connectivity index (χ0v) is 15.8. The molecule has 1 aromatic heterocycles. The van der Waals surface area contributed by atoms with Crippen molar-refractivity contribution in [2.45, 2.75) is 27.3 Å². The Balaban J connectivity index is 1.70. The van der Waals surface area contributed by atoms with Crippen LogP contribution in [0.5, 0.6) is 5.75 Å². The van der Waals surface area contributed by atoms with Gasteiger partial charge < -0.3 is 9.47 Å². The number of carbonyl (C=O) groups is 1. The number of benzene rings is 2. The van der Waals surface area contributed by atoms with Crippen molar-refractivity contribution in [3.05, 3.63) is 75.6 Å². The minimum absolute atomic E-state index is 0.120. The van der Waals surface area contributed by atoms with Gasteiger partial charge in [0.25, 0.3) is 5.56 Å². The summed E-state index contributed by atoms with van der Waals surface area (Å²) in [6.07, 6.45) is 0. The highest BCUT2D eigenvalue weighted by Crippen LogP contribution is 2.22. The molecule has 0 amide bonds. The van der Waals surface area contributed by atoms with E-state index in [1.165, 1.54) is 4.57 Å². The molecule has 0 aliphatic carbocycles. The average molecular weight is 365 g/mol. The van der Waals surface area contributed by atoms with Crippen molar-refractivity contribution in [1.29, 1.82) is 0 Å². The van der Waals surface area contributed by atoms with Crippen LogP contribution in [0, 0.1) is 20.8 Å². The SMILES string of the molecule is Cc1cc(C)c2c(c1)c(C)cc(=O)n2CC(=O)OCCOc1ccccc1. The maximum Gasteiger partial charge on any atom is 0.326 e. The Morgan fingerprint density at radius 3 is 2.44 bits per heavy atom. The number of ether oxygens (including phenoxy) is 2. The number of fused-ring (bicyclic) bond motifs is 1. The minimum Gasteiger partial charge on any atom is -0.490 e. The largest absolute Gasteiger partial charge is 0.490 e. The van der Waals surface area contributed by atoms with E-state index in [9.17, 15) is 9.59 Å². The van der Waals surface area contributed by atoms with E-state index in [-0.39, 0.29) is 25.3 Å². The zero-order valence-electron chi connectivity index (χ0n) is 15.8. The summed E-state index contributed by atoms with van der Waals surface area (Å²) in [7, 11) is 0. The quantitative estimate of drug-likeness (QED) is 0.495. The van der Waals surface area contributed by atoms with Crippen molar-refractivity contribution in [2.24, 2.45) is 0 Å². The molecular formula is C22H23NO4. The van der Waals surface area contributed by atoms with E-state index in [1.54, 1.807) is 6.07 Å². The molecule has 0 saturated heterocycles. The molecule has 0 aliphatic rings. The molecule has 0 saturated carbocycles. The Labute approximate surface area is 158 Å². The fourth-order valence-electron chi connectivity index (χ4n) is 3.23. The third-order valence-corrected chi connectivity index (χ3v) is 4.39. The molecule has 2 aromatic carbocycles. The molecule has 3 aromatic rings. The number of para-hydroxylation sites is 1. The summed E-state index contributed by atoms with van der Waals surface area (Å²) in [5, 5.41) is 0.979. The maximum atomic E-state index is 12.5. The third-order valence-electron chi connectivity index (χ3n) is 4.39. The molecular weight excluding hydrogens is 342 g/mol. The van der Waals surface area contributed by atoms with Crippen molar-refractivity contribution < 1.29 is 14.3 Å². The molecule has 0 unspecified atom stereocenters. The minimum atomic E-state index is -0.459. The molecule has 3 rings (SSSR count). The second kappa shape index (κ2) is 8.08. The highest BCUT2D eigenvalue weighted by atomic mass is 16.6. The predicted molar refractivity (Wildman–Crippen MR) is 105 cm³/mol. The van der Waals surface area contributed by atoms with Gasteiger partial charge in [-0.3, -0.25) is 14.2 Å². The van der Waals surface area contributed by atoms with E-state index in [0.29, 0.717) is 0 Å². The number of hydrogen-bond donors (Lipinski definition) is 0. The molecule has 0 bridgehead atoms. The predicted octanol–water partition coefficient (Wildman–Crippen LogP) is 3.55. The van der Waals surface area contributed by atoms with E-state index in [2.05, 4.69) is 0 Å². The smallest absolute Gasteiger partial charge is 0.326 e. The van der Waals surface area contributed by atoms with Gasteiger partial charge in [0.2, 0.25) is 0 Å². The van der Waals surface area contributed by atoms with Gasteiger partial charge in [0, 0.05) is 11.5 Å². The lowest BCUT2D eigenvalue weighted by atomic mass is 10.0. The zero-order chi connectivity index (χ0) is 19.4. The van der Waals surface area contributed by atoms with Crippen molar-refractivity contribution in [3.8, 4) is 5.75 Å². The van der Waals surface area contributed by atoms with E-state index < -0.39 is 5.97 Å². The first-order chi connectivity index (χ1) is 13.0. The first kappa shape index (κ1) is 18.7. The number of nitrogens with zero attached hydrogens (tertiary/aromatic N) is 1. The van der Waals surface area contributed by atoms with Gasteiger partial charge in [-0.2, -0.15) is 0 Å². The van der Waals surface area contributed by atoms with Gasteiger partial charge in [-0.15, -0.1) is 0 Å². The van der Waals surface area contributed by atoms with Crippen LogP contribution < -0.4 is 10.3 Å². The van der Waals surface area contributed by atoms with Crippen molar-refractivity contribution in [2.75, 3.05) is 13.2 Å². The Kier molecular flexibility index (Phi) is 5.60. The highest BCUT2D eigenvalue weighted by Gasteiger charge is 2.13. The summed E-state index contributed by atoms with van der Waals surface area (Å²) >= 11 is 0. The fraction of sp³-hybridized carbons (Fsp3) is 0.273. The molecule has 140 valence electrons. The van der Waals surface area contributed by atoms with E-state index in [0.717, 1.165) is 33.3 Å². The molecule has 0 aliphatic heterocycles. The summed E-state index contributed by atoms with van der Waals surface area (Å²) in [5.41, 5.74) is 3.56. The van der Waals surface area contributed by atoms with Crippen LogP contribution in [0.4, 0.5) is 0 Å². The Hall–Kier alpha value is -3.08. The van der Waals surface area contributed by atoms with Crippen LogP contribution in [-0.4, -0.2) is 23.8 Å². The van der Waals surface area contributed by atoms with Crippen LogP contribution in [0.1, 0.15) is 16.7 Å². The Bertz CT molecular complexity index is 1020. The molecule has 0 radical (unpaired) electrons. The average Bonchev–Trinajstić information content (AvgIpc) is 2.63. The fourth-order valence-corrected chi connectivity index (χ4v) is 3.23. The molecule has 5 heteroatoms. The van der Waals surface area contributed by atoms with Gasteiger partial charge in [0.05, 0.1) is 5.52 Å². The lowest BCUT2D eigenvalue weighted by molar-refractivity contribution is -0.145. The highest BCUT2D eigenvalue weighted by molar-refractivity contribution is 5.87. The second-order valence-electron chi connectivity index (χ2n) is 6.61. The maximum absolute atomic E-state index is 12.5. The van der Waals surface area contributed by atoms with Crippen LogP contribution in [0.25, 0.3) is 10.9 Å². The van der Waals surface area contributed by atoms with Crippen molar-refractivity contribution in [3.63, 3.8) is 0 Å². The summed E-state index contributed by atoms with van der Waals surface area (Å²) in [6, 6.07) is 14.9. The number of pyridine rings is 1. The molecule has 1 heterocycles. The summed E-state index contributed by atoms with van der Waals surface area (Å²) in [6.45, 7) is 6.14. The molecule has 27 heavy (non-hydrogen) atoms. The molecule has 0 atom stereocenters. The van der Waals surface area contributed by atoms with Gasteiger partial charge in [-0.1, -0.05) is 29.8 Å². The van der Waals surface area contributed by atoms with Crippen LogP contribution in [0.3, 0.4) is 0 Å². The molecule has 0 spiro atoms. The van der Waals surface area contributed by atoms with Crippen LogP contribution in [-0.2, 0) is 16.1 Å². The summed E-state index contributed by atoms with van der Waals surface area (Å²) in [5.74, 6) is 0.263. The lowest BCUT2D eigenvalue weighted by Crippen LogP contribution is -2.27. The van der Waals surface area contributed by atoms with E-state index in [1.807, 2.05) is 63.2 Å². The lowest BCUT2D eigenvalue weighted by Gasteiger charge is -2.15. The number of carbonyl (C=O) groups excluding carboxylic acids is 1. The van der Waals surface area contributed by atoms with Gasteiger partial charge in [-0.25, -0.2) is 0 Å². The van der Waals surface area contributed by atoms with Crippen LogP contribution in [0.15, 0.2) is 53.3 Å². The summed E-state index contributed by atoms with van der Waals surface area (Å²) in [4.78, 5) is 24.7. The van der Waals surface area contributed by atoms with Crippen LogP contribution in [0.2, 0.25) is 0 Å². The second-order valence-corrected chi connectivity index (χ2v) is 6.61. The number of esters is 1. The number of rotatable bonds is 6. The molecule has 0 N–H and O–H groups in total. The van der Waals surface area contributed by atoms with Gasteiger partial charge in [0.1, 0.15) is 25.5 Å². The van der Waals surface area contributed by atoms with Gasteiger partial charge >= 0.3 is 5.97 Å². The van der Waals surface area contributed by atoms with Gasteiger partial charge in [-0.05, 0) is 50.1 Å². The van der Waals surface area contributed by atoms with E-state index in [4.69, 9.17) is 9.47 Å². The van der Waals surface area contributed by atoms with E-state index >= 15 is 0 Å². The number of aromatic nitrogens is 1. The first-order valence-corrected chi connectivity index (χ1v) is 8.90. The number of aryl methyl sites for hydroxylation is 3. The third kappa shape index (κ3) is 4.37. The van der Waals surface area contributed by atoms with Crippen molar-refractivity contribution in [1.82, 2.24) is 4.57 Å². The first-order valence-electron chi connectivity index (χ1n) is 8.90. The topological polar surface area (TPSA) is 57.5 Å². The monoisotopic (exact) mass is 365 g/mol. The molecule has 0 fully saturated rings.